The topological polar surface area (TPSA) is 134 Å². The summed E-state index contributed by atoms with van der Waals surface area (Å²) in [5.41, 5.74) is 0.887. The summed E-state index contributed by atoms with van der Waals surface area (Å²) in [5, 5.41) is 14.4. The molecule has 1 amide bonds. The normalized spacial score (nSPS) is 11.8. The average molecular weight is 491 g/mol. The van der Waals surface area contributed by atoms with E-state index < -0.39 is 16.1 Å². The molecule has 3 aromatic rings. The lowest BCUT2D eigenvalue weighted by molar-refractivity contribution is -0.384. The van der Waals surface area contributed by atoms with E-state index in [0.717, 1.165) is 0 Å². The number of anilines is 1. The highest BCUT2D eigenvalue weighted by atomic mass is 32.2. The largest absolute Gasteiger partial charge is 0.494 e. The number of fused-ring (bicyclic) bond motifs is 1. The second-order valence-electron chi connectivity index (χ2n) is 6.92. The number of benzene rings is 1. The lowest BCUT2D eigenvalue weighted by atomic mass is 10.2. The molecule has 1 aromatic carbocycles. The van der Waals surface area contributed by atoms with Crippen LogP contribution in [0, 0.1) is 24.0 Å². The van der Waals surface area contributed by atoms with Crippen molar-refractivity contribution in [3.05, 3.63) is 44.6 Å². The number of nitrogens with one attached hydrogen (secondary N) is 1. The van der Waals surface area contributed by atoms with Crippen molar-refractivity contribution in [2.75, 3.05) is 19.0 Å². The summed E-state index contributed by atoms with van der Waals surface area (Å²) < 4.78 is 10.3. The van der Waals surface area contributed by atoms with Gasteiger partial charge in [-0.3, -0.25) is 14.9 Å². The molecule has 33 heavy (non-hydrogen) atoms. The van der Waals surface area contributed by atoms with E-state index in [4.69, 9.17) is 9.47 Å². The number of esters is 1. The van der Waals surface area contributed by atoms with Crippen LogP contribution in [0.5, 0.6) is 5.75 Å². The van der Waals surface area contributed by atoms with Crippen LogP contribution >= 0.6 is 23.1 Å². The Balaban J connectivity index is 1.87. The number of hydrogen-bond acceptors (Lipinski definition) is 10. The van der Waals surface area contributed by atoms with Crippen LogP contribution in [-0.4, -0.2) is 45.7 Å². The maximum atomic E-state index is 12.9. The zero-order valence-electron chi connectivity index (χ0n) is 18.6. The van der Waals surface area contributed by atoms with Crippen LogP contribution < -0.4 is 10.1 Å². The van der Waals surface area contributed by atoms with Gasteiger partial charge in [0.05, 0.1) is 35.6 Å². The summed E-state index contributed by atoms with van der Waals surface area (Å²) in [6, 6.07) is 3.96. The first-order valence-electron chi connectivity index (χ1n) is 9.91. The van der Waals surface area contributed by atoms with E-state index in [-0.39, 0.29) is 24.0 Å². The zero-order valence-corrected chi connectivity index (χ0v) is 20.3. The van der Waals surface area contributed by atoms with Crippen molar-refractivity contribution in [1.29, 1.82) is 0 Å². The van der Waals surface area contributed by atoms with Crippen molar-refractivity contribution >= 4 is 56.6 Å². The molecule has 174 valence electrons. The fraction of sp³-hybridized carbons (Fsp3) is 0.333. The van der Waals surface area contributed by atoms with Crippen LogP contribution in [0.15, 0.2) is 23.2 Å². The molecule has 2 heterocycles. The smallest absolute Gasteiger partial charge is 0.348 e. The molecule has 1 atom stereocenters. The van der Waals surface area contributed by atoms with Gasteiger partial charge >= 0.3 is 5.97 Å². The van der Waals surface area contributed by atoms with E-state index >= 15 is 0 Å². The monoisotopic (exact) mass is 490 g/mol. The molecular formula is C21H22N4O6S2. The third-order valence-electron chi connectivity index (χ3n) is 4.64. The van der Waals surface area contributed by atoms with Gasteiger partial charge in [-0.1, -0.05) is 11.8 Å². The number of carbonyl (C=O) groups excluding carboxylic acids is 2. The Kier molecular flexibility index (Phi) is 7.49. The molecule has 2 aromatic heterocycles. The fourth-order valence-electron chi connectivity index (χ4n) is 3.03. The summed E-state index contributed by atoms with van der Waals surface area (Å²) in [7, 11) is 1.37. The third-order valence-corrected chi connectivity index (χ3v) is 6.89. The Morgan fingerprint density at radius 2 is 2.03 bits per heavy atom. The van der Waals surface area contributed by atoms with E-state index in [0.29, 0.717) is 37.2 Å². The van der Waals surface area contributed by atoms with Crippen molar-refractivity contribution in [1.82, 2.24) is 9.97 Å². The van der Waals surface area contributed by atoms with Crippen molar-refractivity contribution in [3.8, 4) is 5.75 Å². The van der Waals surface area contributed by atoms with Gasteiger partial charge in [0.2, 0.25) is 5.91 Å². The first-order chi connectivity index (χ1) is 15.7. The second kappa shape index (κ2) is 10.1. The number of nitro groups is 1. The molecule has 0 aliphatic rings. The number of hydrogen-bond donors (Lipinski definition) is 1. The molecule has 0 aliphatic heterocycles. The quantitative estimate of drug-likeness (QED) is 0.159. The standard InChI is InChI=1S/C21H22N4O6S2/c1-6-31-21(27)17-10(2)16-19(22-12(4)23-20(16)33-17)32-11(3)18(26)24-14-8-7-13(25(28)29)9-15(14)30-5/h7-9,11H,6H2,1-5H3,(H,24,26)/t11-/m0/s1. The van der Waals surface area contributed by atoms with E-state index in [1.807, 2.05) is 0 Å². The summed E-state index contributed by atoms with van der Waals surface area (Å²) >= 11 is 2.47. The predicted octanol–water partition coefficient (Wildman–Crippen LogP) is 4.52. The predicted molar refractivity (Wildman–Crippen MR) is 126 cm³/mol. The Bertz CT molecular complexity index is 1240. The minimum Gasteiger partial charge on any atom is -0.494 e. The molecule has 0 spiro atoms. The molecule has 10 nitrogen and oxygen atoms in total. The molecule has 0 saturated carbocycles. The highest BCUT2D eigenvalue weighted by Gasteiger charge is 2.24. The van der Waals surface area contributed by atoms with Crippen molar-refractivity contribution in [3.63, 3.8) is 0 Å². The van der Waals surface area contributed by atoms with E-state index in [1.54, 1.807) is 27.7 Å². The minimum absolute atomic E-state index is 0.142. The Labute approximate surface area is 197 Å². The molecule has 0 aliphatic carbocycles. The van der Waals surface area contributed by atoms with Crippen molar-refractivity contribution < 1.29 is 24.0 Å². The van der Waals surface area contributed by atoms with Crippen molar-refractivity contribution in [2.24, 2.45) is 0 Å². The zero-order chi connectivity index (χ0) is 24.3. The molecule has 0 bridgehead atoms. The molecule has 0 fully saturated rings. The number of ether oxygens (including phenoxy) is 2. The molecule has 12 heteroatoms. The number of rotatable bonds is 8. The Morgan fingerprint density at radius 1 is 1.30 bits per heavy atom. The summed E-state index contributed by atoms with van der Waals surface area (Å²) in [4.78, 5) is 45.7. The van der Waals surface area contributed by atoms with Gasteiger partial charge in [-0.2, -0.15) is 0 Å². The number of aromatic nitrogens is 2. The summed E-state index contributed by atoms with van der Waals surface area (Å²) in [6.07, 6.45) is 0. The number of non-ortho nitro benzene ring substituents is 1. The van der Waals surface area contributed by atoms with Crippen LogP contribution in [0.1, 0.15) is 34.9 Å². The number of nitro benzene ring substituents is 1. The van der Waals surface area contributed by atoms with Gasteiger partial charge in [-0.25, -0.2) is 14.8 Å². The maximum Gasteiger partial charge on any atom is 0.348 e. The maximum absolute atomic E-state index is 12.9. The summed E-state index contributed by atoms with van der Waals surface area (Å²) in [6.45, 7) is 7.28. The van der Waals surface area contributed by atoms with Crippen LogP contribution in [0.2, 0.25) is 0 Å². The fourth-order valence-corrected chi connectivity index (χ4v) is 5.27. The van der Waals surface area contributed by atoms with Gasteiger partial charge < -0.3 is 14.8 Å². The number of thioether (sulfide) groups is 1. The summed E-state index contributed by atoms with van der Waals surface area (Å²) in [5.74, 6) is -0.0492. The molecule has 1 N–H and O–H groups in total. The van der Waals surface area contributed by atoms with Crippen LogP contribution in [-0.2, 0) is 9.53 Å². The van der Waals surface area contributed by atoms with Gasteiger partial charge in [0.15, 0.2) is 0 Å². The van der Waals surface area contributed by atoms with E-state index in [1.165, 1.54) is 48.4 Å². The van der Waals surface area contributed by atoms with Crippen LogP contribution in [0.25, 0.3) is 10.2 Å². The molecule has 0 saturated heterocycles. The number of aryl methyl sites for hydroxylation is 2. The SMILES string of the molecule is CCOC(=O)c1sc2nc(C)nc(S[C@@H](C)C(=O)Nc3ccc([N+](=O)[O-])cc3OC)c2c1C. The van der Waals surface area contributed by atoms with E-state index in [2.05, 4.69) is 15.3 Å². The first kappa shape index (κ1) is 24.4. The van der Waals surface area contributed by atoms with Crippen LogP contribution in [0.3, 0.4) is 0 Å². The highest BCUT2D eigenvalue weighted by Crippen LogP contribution is 2.38. The molecular weight excluding hydrogens is 468 g/mol. The number of carbonyl (C=O) groups is 2. The van der Waals surface area contributed by atoms with Gasteiger partial charge in [-0.15, -0.1) is 11.3 Å². The van der Waals surface area contributed by atoms with E-state index in [9.17, 15) is 19.7 Å². The highest BCUT2D eigenvalue weighted by molar-refractivity contribution is 8.00. The molecule has 3 rings (SSSR count). The van der Waals surface area contributed by atoms with Gasteiger partial charge in [0.25, 0.3) is 5.69 Å². The number of methoxy groups -OCH3 is 1. The minimum atomic E-state index is -0.576. The van der Waals surface area contributed by atoms with Crippen molar-refractivity contribution in [2.45, 2.75) is 38.0 Å². The second-order valence-corrected chi connectivity index (χ2v) is 9.25. The first-order valence-corrected chi connectivity index (χ1v) is 11.6. The molecule has 0 unspecified atom stereocenters. The number of amides is 1. The Hall–Kier alpha value is -3.25. The molecule has 0 radical (unpaired) electrons. The number of nitrogens with zero attached hydrogens (tertiary/aromatic N) is 3. The lowest BCUT2D eigenvalue weighted by Gasteiger charge is -2.14. The van der Waals surface area contributed by atoms with Gasteiger partial charge in [-0.05, 0) is 39.3 Å². The average Bonchev–Trinajstić information content (AvgIpc) is 3.10. The lowest BCUT2D eigenvalue weighted by Crippen LogP contribution is -2.23. The van der Waals surface area contributed by atoms with Gasteiger partial charge in [0, 0.05) is 11.5 Å². The third kappa shape index (κ3) is 5.22. The number of thiophene rings is 1. The Morgan fingerprint density at radius 3 is 2.67 bits per heavy atom. The van der Waals surface area contributed by atoms with Gasteiger partial charge in [0.1, 0.15) is 26.3 Å². The van der Waals surface area contributed by atoms with Crippen LogP contribution in [0.4, 0.5) is 11.4 Å².